The molecule has 3 aromatic carbocycles. The fourth-order valence-corrected chi connectivity index (χ4v) is 3.26. The number of carbonyl (C=O) groups excluding carboxylic acids is 1. The molecule has 3 rings (SSSR count). The molecule has 1 amide bonds. The Labute approximate surface area is 173 Å². The zero-order valence-electron chi connectivity index (χ0n) is 16.1. The van der Waals surface area contributed by atoms with Crippen LogP contribution in [-0.2, 0) is 16.0 Å². The monoisotopic (exact) mass is 403 g/mol. The molecule has 0 aliphatic rings. The molecule has 6 nitrogen and oxygen atoms in total. The molecule has 0 aliphatic carbocycles. The summed E-state index contributed by atoms with van der Waals surface area (Å²) in [6.07, 6.45) is 0.0390. The average molecular weight is 403 g/mol. The first-order valence-electron chi connectivity index (χ1n) is 9.41. The molecule has 0 heterocycles. The van der Waals surface area contributed by atoms with E-state index in [0.29, 0.717) is 5.56 Å². The second-order valence-electron chi connectivity index (χ2n) is 6.86. The molecule has 0 aliphatic heterocycles. The van der Waals surface area contributed by atoms with Crippen molar-refractivity contribution in [2.75, 3.05) is 0 Å². The van der Waals surface area contributed by atoms with Crippen LogP contribution in [0, 0.1) is 0 Å². The minimum Gasteiger partial charge on any atom is -0.480 e. The molecule has 1 atom stereocenters. The van der Waals surface area contributed by atoms with Crippen molar-refractivity contribution in [1.82, 2.24) is 5.32 Å². The predicted octanol–water partition coefficient (Wildman–Crippen LogP) is 3.33. The minimum atomic E-state index is -1.16. The normalized spacial score (nSPS) is 11.6. The number of carboxylic acids is 2. The van der Waals surface area contributed by atoms with Crippen molar-refractivity contribution in [3.63, 3.8) is 0 Å². The first-order valence-corrected chi connectivity index (χ1v) is 9.41. The number of rotatable bonds is 8. The second kappa shape index (κ2) is 9.52. The van der Waals surface area contributed by atoms with Crippen LogP contribution in [0.5, 0.6) is 0 Å². The van der Waals surface area contributed by atoms with E-state index < -0.39 is 29.8 Å². The molecule has 30 heavy (non-hydrogen) atoms. The predicted molar refractivity (Wildman–Crippen MR) is 111 cm³/mol. The largest absolute Gasteiger partial charge is 0.480 e. The molecule has 0 fully saturated rings. The van der Waals surface area contributed by atoms with E-state index in [-0.39, 0.29) is 12.0 Å². The molecule has 0 unspecified atom stereocenters. The summed E-state index contributed by atoms with van der Waals surface area (Å²) in [5, 5.41) is 21.3. The lowest BCUT2D eigenvalue weighted by molar-refractivity contribution is -0.141. The van der Waals surface area contributed by atoms with Gasteiger partial charge in [0.2, 0.25) is 5.91 Å². The Bertz CT molecular complexity index is 977. The molecule has 0 aromatic heterocycles. The van der Waals surface area contributed by atoms with E-state index in [9.17, 15) is 19.5 Å². The molecule has 0 radical (unpaired) electrons. The Morgan fingerprint density at radius 2 is 1.23 bits per heavy atom. The number of aromatic carboxylic acids is 1. The van der Waals surface area contributed by atoms with Crippen LogP contribution in [0.25, 0.3) is 0 Å². The molecule has 0 saturated carbocycles. The summed E-state index contributed by atoms with van der Waals surface area (Å²) in [5.41, 5.74) is 2.25. The van der Waals surface area contributed by atoms with Gasteiger partial charge in [0.1, 0.15) is 6.04 Å². The number of benzene rings is 3. The first kappa shape index (κ1) is 20.8. The summed E-state index contributed by atoms with van der Waals surface area (Å²) in [7, 11) is 0. The number of amides is 1. The van der Waals surface area contributed by atoms with E-state index in [1.807, 2.05) is 60.7 Å². The van der Waals surface area contributed by atoms with E-state index >= 15 is 0 Å². The Balaban J connectivity index is 1.83. The number of nitrogens with one attached hydrogen (secondary N) is 1. The van der Waals surface area contributed by atoms with Crippen LogP contribution < -0.4 is 5.32 Å². The summed E-state index contributed by atoms with van der Waals surface area (Å²) in [6, 6.07) is 23.1. The van der Waals surface area contributed by atoms with Crippen molar-refractivity contribution in [1.29, 1.82) is 0 Å². The quantitative estimate of drug-likeness (QED) is 0.535. The lowest BCUT2D eigenvalue weighted by Gasteiger charge is -2.21. The number of aliphatic carboxylic acids is 1. The number of carbonyl (C=O) groups is 3. The molecular weight excluding hydrogens is 382 g/mol. The summed E-state index contributed by atoms with van der Waals surface area (Å²) >= 11 is 0. The van der Waals surface area contributed by atoms with Crippen LogP contribution >= 0.6 is 0 Å². The first-order chi connectivity index (χ1) is 14.5. The topological polar surface area (TPSA) is 104 Å². The SMILES string of the molecule is O=C(O)c1ccc(C[C@H](NC(=O)C(c2ccccc2)c2ccccc2)C(=O)O)cc1. The average Bonchev–Trinajstić information content (AvgIpc) is 2.75. The maximum Gasteiger partial charge on any atom is 0.335 e. The van der Waals surface area contributed by atoms with Gasteiger partial charge in [0.15, 0.2) is 0 Å². The van der Waals surface area contributed by atoms with Crippen molar-refractivity contribution in [2.24, 2.45) is 0 Å². The van der Waals surface area contributed by atoms with Crippen LogP contribution in [0.3, 0.4) is 0 Å². The van der Waals surface area contributed by atoms with E-state index in [1.54, 1.807) is 12.1 Å². The third-order valence-corrected chi connectivity index (χ3v) is 4.78. The maximum absolute atomic E-state index is 13.1. The Morgan fingerprint density at radius 1 is 0.733 bits per heavy atom. The molecule has 0 bridgehead atoms. The van der Waals surface area contributed by atoms with Gasteiger partial charge in [-0.25, -0.2) is 9.59 Å². The van der Waals surface area contributed by atoms with Gasteiger partial charge in [0.05, 0.1) is 11.5 Å². The fourth-order valence-electron chi connectivity index (χ4n) is 3.26. The second-order valence-corrected chi connectivity index (χ2v) is 6.86. The van der Waals surface area contributed by atoms with E-state index in [4.69, 9.17) is 5.11 Å². The standard InChI is InChI=1S/C24H21NO5/c26-22(21(17-7-3-1-4-8-17)18-9-5-2-6-10-18)25-20(24(29)30)15-16-11-13-19(14-12-16)23(27)28/h1-14,20-21H,15H2,(H,25,26)(H,27,28)(H,29,30)/t20-/m0/s1. The van der Waals surface area contributed by atoms with E-state index in [2.05, 4.69) is 5.32 Å². The van der Waals surface area contributed by atoms with Gasteiger partial charge < -0.3 is 15.5 Å². The third kappa shape index (κ3) is 5.11. The van der Waals surface area contributed by atoms with Gasteiger partial charge in [-0.05, 0) is 28.8 Å². The van der Waals surface area contributed by atoms with Crippen molar-refractivity contribution in [3.8, 4) is 0 Å². The number of hydrogen-bond donors (Lipinski definition) is 3. The number of carboxylic acid groups (broad SMARTS) is 2. The Hall–Kier alpha value is -3.93. The number of hydrogen-bond acceptors (Lipinski definition) is 3. The van der Waals surface area contributed by atoms with Crippen LogP contribution in [-0.4, -0.2) is 34.1 Å². The lowest BCUT2D eigenvalue weighted by atomic mass is 9.90. The van der Waals surface area contributed by atoms with Gasteiger partial charge in [-0.15, -0.1) is 0 Å². The smallest absolute Gasteiger partial charge is 0.335 e. The molecular formula is C24H21NO5. The highest BCUT2D eigenvalue weighted by Gasteiger charge is 2.27. The van der Waals surface area contributed by atoms with Crippen molar-refractivity contribution < 1.29 is 24.6 Å². The van der Waals surface area contributed by atoms with Gasteiger partial charge in [-0.3, -0.25) is 4.79 Å². The summed E-state index contributed by atoms with van der Waals surface area (Å²) in [5.74, 6) is -3.28. The highest BCUT2D eigenvalue weighted by molar-refractivity contribution is 5.91. The van der Waals surface area contributed by atoms with Gasteiger partial charge in [0.25, 0.3) is 0 Å². The molecule has 0 spiro atoms. The zero-order valence-corrected chi connectivity index (χ0v) is 16.1. The molecule has 3 N–H and O–H groups in total. The van der Waals surface area contributed by atoms with Crippen molar-refractivity contribution in [2.45, 2.75) is 18.4 Å². The molecule has 3 aromatic rings. The van der Waals surface area contributed by atoms with Crippen molar-refractivity contribution >= 4 is 17.8 Å². The van der Waals surface area contributed by atoms with E-state index in [1.165, 1.54) is 12.1 Å². The van der Waals surface area contributed by atoms with Crippen LogP contribution in [0.1, 0.15) is 33.0 Å². The highest BCUT2D eigenvalue weighted by atomic mass is 16.4. The van der Waals surface area contributed by atoms with Gasteiger partial charge >= 0.3 is 11.9 Å². The van der Waals surface area contributed by atoms with E-state index in [0.717, 1.165) is 11.1 Å². The van der Waals surface area contributed by atoms with Crippen molar-refractivity contribution in [3.05, 3.63) is 107 Å². The van der Waals surface area contributed by atoms with Gasteiger partial charge in [-0.2, -0.15) is 0 Å². The zero-order chi connectivity index (χ0) is 21.5. The van der Waals surface area contributed by atoms with Crippen LogP contribution in [0.15, 0.2) is 84.9 Å². The maximum atomic E-state index is 13.1. The summed E-state index contributed by atoms with van der Waals surface area (Å²) in [6.45, 7) is 0. The molecule has 0 saturated heterocycles. The van der Waals surface area contributed by atoms with Crippen LogP contribution in [0.4, 0.5) is 0 Å². The third-order valence-electron chi connectivity index (χ3n) is 4.78. The Morgan fingerprint density at radius 3 is 1.67 bits per heavy atom. The molecule has 152 valence electrons. The van der Waals surface area contributed by atoms with Gasteiger partial charge in [0, 0.05) is 6.42 Å². The fraction of sp³-hybridized carbons (Fsp3) is 0.125. The summed E-state index contributed by atoms with van der Waals surface area (Å²) < 4.78 is 0. The Kier molecular flexibility index (Phi) is 6.60. The van der Waals surface area contributed by atoms with Crippen LogP contribution in [0.2, 0.25) is 0 Å². The summed E-state index contributed by atoms with van der Waals surface area (Å²) in [4.78, 5) is 35.9. The lowest BCUT2D eigenvalue weighted by Crippen LogP contribution is -2.44. The minimum absolute atomic E-state index is 0.0390. The highest BCUT2D eigenvalue weighted by Crippen LogP contribution is 2.25. The van der Waals surface area contributed by atoms with Gasteiger partial charge in [-0.1, -0.05) is 72.8 Å². The molecule has 6 heteroatoms.